The van der Waals surface area contributed by atoms with Crippen LogP contribution in [0.15, 0.2) is 11.2 Å². The van der Waals surface area contributed by atoms with Crippen molar-refractivity contribution in [3.05, 3.63) is 11.2 Å². The number of thioether (sulfide) groups is 1. The first kappa shape index (κ1) is 13.4. The molecule has 0 atom stereocenters. The Hall–Kier alpha value is -1.01. The Labute approximate surface area is 115 Å². The normalized spacial score (nSPS) is 14.9. The van der Waals surface area contributed by atoms with Gasteiger partial charge in [-0.3, -0.25) is 4.79 Å². The fourth-order valence-corrected chi connectivity index (χ4v) is 2.44. The molecular weight excluding hydrogens is 272 g/mol. The van der Waals surface area contributed by atoms with Crippen LogP contribution in [0.25, 0.3) is 0 Å². The third-order valence-corrected chi connectivity index (χ3v) is 3.48. The molecule has 0 saturated carbocycles. The molecule has 1 aromatic rings. The zero-order valence-electron chi connectivity index (χ0n) is 10.1. The highest BCUT2D eigenvalue weighted by molar-refractivity contribution is 7.98. The molecule has 98 valence electrons. The quantitative estimate of drug-likeness (QED) is 0.520. The minimum absolute atomic E-state index is 0.105. The van der Waals surface area contributed by atoms with Crippen molar-refractivity contribution in [1.29, 1.82) is 0 Å². The van der Waals surface area contributed by atoms with Crippen molar-refractivity contribution < 1.29 is 4.79 Å². The molecule has 5 nitrogen and oxygen atoms in total. The van der Waals surface area contributed by atoms with Gasteiger partial charge < -0.3 is 10.2 Å². The topological polar surface area (TPSA) is 58.1 Å². The minimum Gasteiger partial charge on any atom is -0.361 e. The van der Waals surface area contributed by atoms with Gasteiger partial charge in [0.25, 0.3) is 0 Å². The summed E-state index contributed by atoms with van der Waals surface area (Å²) in [6.45, 7) is 1.98. The van der Waals surface area contributed by atoms with Crippen molar-refractivity contribution in [2.75, 3.05) is 31.2 Å². The van der Waals surface area contributed by atoms with Gasteiger partial charge in [0.2, 0.25) is 5.91 Å². The molecule has 2 heterocycles. The molecule has 1 aliphatic rings. The number of nitrogens with zero attached hydrogens (tertiary/aromatic N) is 3. The van der Waals surface area contributed by atoms with Crippen LogP contribution in [0.2, 0.25) is 5.15 Å². The van der Waals surface area contributed by atoms with E-state index in [2.05, 4.69) is 15.3 Å². The average molecular weight is 287 g/mol. The van der Waals surface area contributed by atoms with E-state index in [-0.39, 0.29) is 12.5 Å². The van der Waals surface area contributed by atoms with E-state index in [9.17, 15) is 4.79 Å². The van der Waals surface area contributed by atoms with E-state index in [0.717, 1.165) is 25.9 Å². The third-order valence-electron chi connectivity index (χ3n) is 2.74. The number of anilines is 1. The smallest absolute Gasteiger partial charge is 0.241 e. The fraction of sp³-hybridized carbons (Fsp3) is 0.545. The average Bonchev–Trinajstić information content (AvgIpc) is 2.89. The molecule has 18 heavy (non-hydrogen) atoms. The largest absolute Gasteiger partial charge is 0.361 e. The van der Waals surface area contributed by atoms with Crippen LogP contribution >= 0.6 is 23.4 Å². The van der Waals surface area contributed by atoms with Gasteiger partial charge in [0.05, 0.1) is 6.54 Å². The monoisotopic (exact) mass is 286 g/mol. The lowest BCUT2D eigenvalue weighted by atomic mass is 10.4. The molecule has 1 N–H and O–H groups in total. The highest BCUT2D eigenvalue weighted by Gasteiger charge is 2.17. The Balaban J connectivity index is 1.92. The second-order valence-electron chi connectivity index (χ2n) is 4.00. The Kier molecular flexibility index (Phi) is 4.66. The molecule has 7 heteroatoms. The van der Waals surface area contributed by atoms with Gasteiger partial charge in [0.1, 0.15) is 11.0 Å². The number of hydrogen-bond donors (Lipinski definition) is 1. The van der Waals surface area contributed by atoms with Crippen LogP contribution in [0.3, 0.4) is 0 Å². The van der Waals surface area contributed by atoms with Crippen LogP contribution in [-0.2, 0) is 4.79 Å². The summed E-state index contributed by atoms with van der Waals surface area (Å²) in [6.07, 6.45) is 4.08. The van der Waals surface area contributed by atoms with E-state index in [4.69, 9.17) is 11.6 Å². The maximum Gasteiger partial charge on any atom is 0.241 e. The highest BCUT2D eigenvalue weighted by Crippen LogP contribution is 2.17. The lowest BCUT2D eigenvalue weighted by Crippen LogP contribution is -2.33. The number of rotatable bonds is 4. The summed E-state index contributed by atoms with van der Waals surface area (Å²) in [5, 5.41) is 3.97. The zero-order valence-corrected chi connectivity index (χ0v) is 11.7. The number of amides is 1. The summed E-state index contributed by atoms with van der Waals surface area (Å²) in [5.41, 5.74) is 0. The van der Waals surface area contributed by atoms with Gasteiger partial charge in [0.15, 0.2) is 5.16 Å². The molecule has 0 radical (unpaired) electrons. The molecule has 1 aliphatic heterocycles. The summed E-state index contributed by atoms with van der Waals surface area (Å²) in [4.78, 5) is 22.0. The Bertz CT molecular complexity index is 437. The standard InChI is InChI=1S/C11H15ClN4OS/c1-18-11-14-8(12)6-9(15-11)13-7-10(17)16-4-2-3-5-16/h6H,2-5,7H2,1H3,(H,13,14,15). The third kappa shape index (κ3) is 3.49. The van der Waals surface area contributed by atoms with E-state index in [1.807, 2.05) is 11.2 Å². The Morgan fingerprint density at radius 2 is 2.22 bits per heavy atom. The molecule has 1 aromatic heterocycles. The summed E-state index contributed by atoms with van der Waals surface area (Å²) >= 11 is 7.29. The molecule has 1 fully saturated rings. The first-order valence-corrected chi connectivity index (χ1v) is 7.39. The first-order chi connectivity index (χ1) is 8.69. The zero-order chi connectivity index (χ0) is 13.0. The van der Waals surface area contributed by atoms with Crippen molar-refractivity contribution >= 4 is 35.1 Å². The maximum atomic E-state index is 11.8. The van der Waals surface area contributed by atoms with Crippen molar-refractivity contribution in [1.82, 2.24) is 14.9 Å². The van der Waals surface area contributed by atoms with Crippen molar-refractivity contribution in [2.45, 2.75) is 18.0 Å². The number of carbonyl (C=O) groups excluding carboxylic acids is 1. The van der Waals surface area contributed by atoms with E-state index >= 15 is 0 Å². The van der Waals surface area contributed by atoms with Gasteiger partial charge in [0, 0.05) is 19.2 Å². The van der Waals surface area contributed by atoms with Crippen LogP contribution < -0.4 is 5.32 Å². The van der Waals surface area contributed by atoms with Crippen LogP contribution in [0.1, 0.15) is 12.8 Å². The predicted molar refractivity (Wildman–Crippen MR) is 73.1 cm³/mol. The highest BCUT2D eigenvalue weighted by atomic mass is 35.5. The van der Waals surface area contributed by atoms with Gasteiger partial charge >= 0.3 is 0 Å². The van der Waals surface area contributed by atoms with Gasteiger partial charge in [-0.1, -0.05) is 23.4 Å². The summed E-state index contributed by atoms with van der Waals surface area (Å²) in [5.74, 6) is 0.694. The Morgan fingerprint density at radius 1 is 1.50 bits per heavy atom. The molecule has 0 bridgehead atoms. The number of hydrogen-bond acceptors (Lipinski definition) is 5. The van der Waals surface area contributed by atoms with E-state index < -0.39 is 0 Å². The molecule has 0 aliphatic carbocycles. The number of likely N-dealkylation sites (tertiary alicyclic amines) is 1. The minimum atomic E-state index is 0.105. The molecule has 2 rings (SSSR count). The molecule has 1 saturated heterocycles. The van der Waals surface area contributed by atoms with Crippen LogP contribution in [0, 0.1) is 0 Å². The molecule has 1 amide bonds. The fourth-order valence-electron chi connectivity index (χ4n) is 1.82. The predicted octanol–water partition coefficient (Wildman–Crippen LogP) is 1.89. The summed E-state index contributed by atoms with van der Waals surface area (Å²) in [7, 11) is 0. The van der Waals surface area contributed by atoms with Gasteiger partial charge in [-0.15, -0.1) is 0 Å². The second kappa shape index (κ2) is 6.24. The van der Waals surface area contributed by atoms with Crippen LogP contribution in [0.5, 0.6) is 0 Å². The van der Waals surface area contributed by atoms with Gasteiger partial charge in [-0.25, -0.2) is 9.97 Å². The molecular formula is C11H15ClN4OS. The molecule has 0 unspecified atom stereocenters. The summed E-state index contributed by atoms with van der Waals surface area (Å²) in [6, 6.07) is 1.62. The summed E-state index contributed by atoms with van der Waals surface area (Å²) < 4.78 is 0. The first-order valence-electron chi connectivity index (χ1n) is 5.79. The molecule has 0 aromatic carbocycles. The number of carbonyl (C=O) groups is 1. The Morgan fingerprint density at radius 3 is 2.89 bits per heavy atom. The second-order valence-corrected chi connectivity index (χ2v) is 5.16. The number of aromatic nitrogens is 2. The van der Waals surface area contributed by atoms with Crippen LogP contribution in [-0.4, -0.2) is 46.7 Å². The lowest BCUT2D eigenvalue weighted by Gasteiger charge is -2.15. The van der Waals surface area contributed by atoms with Crippen molar-refractivity contribution in [2.24, 2.45) is 0 Å². The number of halogens is 1. The number of nitrogens with one attached hydrogen (secondary N) is 1. The van der Waals surface area contributed by atoms with Crippen LogP contribution in [0.4, 0.5) is 5.82 Å². The van der Waals surface area contributed by atoms with Gasteiger partial charge in [-0.05, 0) is 19.1 Å². The van der Waals surface area contributed by atoms with Crippen molar-refractivity contribution in [3.63, 3.8) is 0 Å². The maximum absolute atomic E-state index is 11.8. The molecule has 0 spiro atoms. The van der Waals surface area contributed by atoms with E-state index in [1.165, 1.54) is 11.8 Å². The SMILES string of the molecule is CSc1nc(Cl)cc(NCC(=O)N2CCCC2)n1. The van der Waals surface area contributed by atoms with Crippen molar-refractivity contribution in [3.8, 4) is 0 Å². The lowest BCUT2D eigenvalue weighted by molar-refractivity contribution is -0.128. The van der Waals surface area contributed by atoms with Gasteiger partial charge in [-0.2, -0.15) is 0 Å². The van der Waals surface area contributed by atoms with E-state index in [1.54, 1.807) is 6.07 Å². The van der Waals surface area contributed by atoms with E-state index in [0.29, 0.717) is 16.1 Å².